The minimum absolute atomic E-state index is 0.339. The number of carbonyl (C=O) groups excluding carboxylic acids is 2. The van der Waals surface area contributed by atoms with Gasteiger partial charge < -0.3 is 15.2 Å². The van der Waals surface area contributed by atoms with Gasteiger partial charge in [0.25, 0.3) is 0 Å². The van der Waals surface area contributed by atoms with Crippen molar-refractivity contribution in [3.8, 4) is 0 Å². The lowest BCUT2D eigenvalue weighted by molar-refractivity contribution is 0.0607. The number of rotatable bonds is 2. The molecule has 0 spiro atoms. The van der Waals surface area contributed by atoms with Gasteiger partial charge in [-0.05, 0) is 6.92 Å². The molecule has 0 saturated carbocycles. The van der Waals surface area contributed by atoms with Crippen molar-refractivity contribution in [1.82, 2.24) is 4.90 Å². The molecule has 1 aromatic rings. The number of carbonyl (C=O) groups is 2. The number of fused-ring (bicyclic) bond motifs is 1. The standard InChI is InChI=1S/C11H14N2O4S/c1-3-17-11(15)13-4-6-7(5-13)18-9(8(6)12)10(14)16-2/h3-5,12H2,1-2H3. The third-order valence-corrected chi connectivity index (χ3v) is 3.92. The molecule has 1 aliphatic heterocycles. The summed E-state index contributed by atoms with van der Waals surface area (Å²) in [5.41, 5.74) is 7.14. The van der Waals surface area contributed by atoms with E-state index in [0.717, 1.165) is 10.4 Å². The molecular weight excluding hydrogens is 256 g/mol. The van der Waals surface area contributed by atoms with Gasteiger partial charge in [-0.25, -0.2) is 9.59 Å². The molecule has 0 atom stereocenters. The Morgan fingerprint density at radius 3 is 2.72 bits per heavy atom. The molecule has 7 heteroatoms. The number of nitrogens with zero attached hydrogens (tertiary/aromatic N) is 1. The Hall–Kier alpha value is -1.76. The summed E-state index contributed by atoms with van der Waals surface area (Å²) in [4.78, 5) is 25.9. The van der Waals surface area contributed by atoms with E-state index in [2.05, 4.69) is 4.74 Å². The van der Waals surface area contributed by atoms with Crippen LogP contribution in [0.3, 0.4) is 0 Å². The normalized spacial score (nSPS) is 13.3. The van der Waals surface area contributed by atoms with Crippen molar-refractivity contribution in [2.45, 2.75) is 20.0 Å². The highest BCUT2D eigenvalue weighted by Crippen LogP contribution is 2.38. The Morgan fingerprint density at radius 1 is 1.44 bits per heavy atom. The van der Waals surface area contributed by atoms with Gasteiger partial charge in [0.1, 0.15) is 4.88 Å². The topological polar surface area (TPSA) is 81.9 Å². The third kappa shape index (κ3) is 2.01. The number of nitrogens with two attached hydrogens (primary N) is 1. The molecule has 2 N–H and O–H groups in total. The summed E-state index contributed by atoms with van der Waals surface area (Å²) >= 11 is 1.27. The van der Waals surface area contributed by atoms with Crippen LogP contribution in [0.2, 0.25) is 0 Å². The molecule has 0 saturated heterocycles. The van der Waals surface area contributed by atoms with E-state index in [9.17, 15) is 9.59 Å². The largest absolute Gasteiger partial charge is 0.465 e. The van der Waals surface area contributed by atoms with Crippen LogP contribution in [0.1, 0.15) is 27.0 Å². The Kier molecular flexibility index (Phi) is 3.42. The van der Waals surface area contributed by atoms with Crippen LogP contribution in [-0.2, 0) is 22.6 Å². The molecule has 0 radical (unpaired) electrons. The maximum atomic E-state index is 11.6. The van der Waals surface area contributed by atoms with E-state index < -0.39 is 5.97 Å². The second kappa shape index (κ2) is 4.85. The van der Waals surface area contributed by atoms with Gasteiger partial charge in [0.05, 0.1) is 32.5 Å². The molecule has 1 aliphatic rings. The number of amides is 1. The molecular formula is C11H14N2O4S. The summed E-state index contributed by atoms with van der Waals surface area (Å²) < 4.78 is 9.58. The third-order valence-electron chi connectivity index (χ3n) is 2.71. The lowest BCUT2D eigenvalue weighted by Gasteiger charge is -2.14. The lowest BCUT2D eigenvalue weighted by Crippen LogP contribution is -2.26. The molecule has 2 heterocycles. The molecule has 1 aromatic heterocycles. The van der Waals surface area contributed by atoms with E-state index in [0.29, 0.717) is 30.3 Å². The Labute approximate surface area is 108 Å². The highest BCUT2D eigenvalue weighted by Gasteiger charge is 2.31. The van der Waals surface area contributed by atoms with Crippen molar-refractivity contribution in [1.29, 1.82) is 0 Å². The number of ether oxygens (including phenoxy) is 2. The minimum Gasteiger partial charge on any atom is -0.465 e. The van der Waals surface area contributed by atoms with Gasteiger partial charge in [0.2, 0.25) is 0 Å². The molecule has 0 aliphatic carbocycles. The fourth-order valence-electron chi connectivity index (χ4n) is 1.84. The van der Waals surface area contributed by atoms with Crippen LogP contribution in [0.15, 0.2) is 0 Å². The first-order chi connectivity index (χ1) is 8.58. The van der Waals surface area contributed by atoms with E-state index in [1.54, 1.807) is 11.8 Å². The summed E-state index contributed by atoms with van der Waals surface area (Å²) in [5.74, 6) is -0.436. The van der Waals surface area contributed by atoms with E-state index >= 15 is 0 Å². The zero-order valence-corrected chi connectivity index (χ0v) is 11.0. The van der Waals surface area contributed by atoms with E-state index in [1.165, 1.54) is 18.4 Å². The number of nitrogen functional groups attached to an aromatic ring is 1. The predicted molar refractivity (Wildman–Crippen MR) is 66.3 cm³/mol. The van der Waals surface area contributed by atoms with Gasteiger partial charge in [-0.3, -0.25) is 4.90 Å². The number of hydrogen-bond donors (Lipinski definition) is 1. The SMILES string of the molecule is CCOC(=O)N1Cc2sc(C(=O)OC)c(N)c2C1. The maximum absolute atomic E-state index is 11.6. The predicted octanol–water partition coefficient (Wildman–Crippen LogP) is 1.59. The average molecular weight is 270 g/mol. The first-order valence-electron chi connectivity index (χ1n) is 5.48. The number of hydrogen-bond acceptors (Lipinski definition) is 6. The van der Waals surface area contributed by atoms with Gasteiger partial charge in [0, 0.05) is 10.4 Å². The van der Waals surface area contributed by atoms with Gasteiger partial charge in [0.15, 0.2) is 0 Å². The van der Waals surface area contributed by atoms with Crippen LogP contribution >= 0.6 is 11.3 Å². The van der Waals surface area contributed by atoms with Crippen molar-refractivity contribution in [3.63, 3.8) is 0 Å². The summed E-state index contributed by atoms with van der Waals surface area (Å²) in [6.07, 6.45) is -0.361. The van der Waals surface area contributed by atoms with Gasteiger partial charge in [-0.15, -0.1) is 11.3 Å². The van der Waals surface area contributed by atoms with Crippen LogP contribution in [0.4, 0.5) is 10.5 Å². The summed E-state index contributed by atoms with van der Waals surface area (Å²) in [7, 11) is 1.32. The summed E-state index contributed by atoms with van der Waals surface area (Å²) in [5, 5.41) is 0. The maximum Gasteiger partial charge on any atom is 0.410 e. The first kappa shape index (κ1) is 12.7. The van der Waals surface area contributed by atoms with Crippen LogP contribution in [0.5, 0.6) is 0 Å². The lowest BCUT2D eigenvalue weighted by atomic mass is 10.2. The zero-order chi connectivity index (χ0) is 13.3. The zero-order valence-electron chi connectivity index (χ0n) is 10.2. The first-order valence-corrected chi connectivity index (χ1v) is 6.30. The van der Waals surface area contributed by atoms with Crippen LogP contribution in [0, 0.1) is 0 Å². The molecule has 0 unspecified atom stereocenters. The fourth-order valence-corrected chi connectivity index (χ4v) is 3.00. The number of thiophene rings is 1. The van der Waals surface area contributed by atoms with Gasteiger partial charge in [-0.2, -0.15) is 0 Å². The monoisotopic (exact) mass is 270 g/mol. The second-order valence-electron chi connectivity index (χ2n) is 3.79. The van der Waals surface area contributed by atoms with Crippen molar-refractivity contribution in [3.05, 3.63) is 15.3 Å². The Balaban J connectivity index is 2.18. The van der Waals surface area contributed by atoms with Crippen LogP contribution < -0.4 is 5.73 Å². The number of anilines is 1. The molecule has 0 fully saturated rings. The van der Waals surface area contributed by atoms with Crippen LogP contribution in [0.25, 0.3) is 0 Å². The van der Waals surface area contributed by atoms with Crippen molar-refractivity contribution in [2.75, 3.05) is 19.5 Å². The van der Waals surface area contributed by atoms with Crippen molar-refractivity contribution in [2.24, 2.45) is 0 Å². The Morgan fingerprint density at radius 2 is 2.17 bits per heavy atom. The molecule has 0 aromatic carbocycles. The highest BCUT2D eigenvalue weighted by molar-refractivity contribution is 7.14. The van der Waals surface area contributed by atoms with Gasteiger partial charge >= 0.3 is 12.1 Å². The second-order valence-corrected chi connectivity index (χ2v) is 4.90. The van der Waals surface area contributed by atoms with Crippen LogP contribution in [-0.4, -0.2) is 30.7 Å². The Bertz CT molecular complexity index is 497. The van der Waals surface area contributed by atoms with E-state index in [1.807, 2.05) is 0 Å². The summed E-state index contributed by atoms with van der Waals surface area (Å²) in [6, 6.07) is 0. The van der Waals surface area contributed by atoms with Crippen molar-refractivity contribution >= 4 is 29.1 Å². The van der Waals surface area contributed by atoms with Gasteiger partial charge in [-0.1, -0.05) is 0 Å². The fraction of sp³-hybridized carbons (Fsp3) is 0.455. The quantitative estimate of drug-likeness (QED) is 0.825. The number of methoxy groups -OCH3 is 1. The van der Waals surface area contributed by atoms with Crippen molar-refractivity contribution < 1.29 is 19.1 Å². The molecule has 18 heavy (non-hydrogen) atoms. The molecule has 6 nitrogen and oxygen atoms in total. The highest BCUT2D eigenvalue weighted by atomic mass is 32.1. The molecule has 1 amide bonds. The average Bonchev–Trinajstić information content (AvgIpc) is 2.89. The minimum atomic E-state index is -0.436. The smallest absolute Gasteiger partial charge is 0.410 e. The molecule has 98 valence electrons. The number of esters is 1. The molecule has 2 rings (SSSR count). The molecule has 0 bridgehead atoms. The van der Waals surface area contributed by atoms with E-state index in [-0.39, 0.29) is 6.09 Å². The summed E-state index contributed by atoms with van der Waals surface area (Å²) in [6.45, 7) is 2.91. The van der Waals surface area contributed by atoms with E-state index in [4.69, 9.17) is 10.5 Å².